The second-order valence-electron chi connectivity index (χ2n) is 5.28. The molecular formula is C17H11F3N2O3S. The van der Waals surface area contributed by atoms with Gasteiger partial charge in [0.2, 0.25) is 0 Å². The lowest BCUT2D eigenvalue weighted by Crippen LogP contribution is -2.28. The number of hydrogen-bond donors (Lipinski definition) is 0. The van der Waals surface area contributed by atoms with E-state index < -0.39 is 27.3 Å². The second kappa shape index (κ2) is 6.41. The molecule has 0 aliphatic rings. The largest absolute Gasteiger partial charge is 0.417 e. The van der Waals surface area contributed by atoms with Gasteiger partial charge in [0.15, 0.2) is 0 Å². The molecule has 0 spiro atoms. The van der Waals surface area contributed by atoms with Crippen molar-refractivity contribution in [1.82, 2.24) is 9.19 Å². The van der Waals surface area contributed by atoms with Crippen molar-refractivity contribution in [2.24, 2.45) is 0 Å². The maximum Gasteiger partial charge on any atom is 0.417 e. The molecule has 0 aliphatic heterocycles. The van der Waals surface area contributed by atoms with E-state index in [0.717, 1.165) is 30.5 Å². The average molecular weight is 380 g/mol. The van der Waals surface area contributed by atoms with Gasteiger partial charge >= 0.3 is 6.18 Å². The molecule has 0 saturated heterocycles. The highest BCUT2D eigenvalue weighted by atomic mass is 32.2. The van der Waals surface area contributed by atoms with E-state index in [2.05, 4.69) is 5.10 Å². The van der Waals surface area contributed by atoms with Crippen molar-refractivity contribution in [3.05, 3.63) is 82.8 Å². The third-order valence-corrected chi connectivity index (χ3v) is 5.21. The standard InChI is InChI=1S/C17H11F3N2O3S/c18-17(19,20)15-5-2-1-4-14(15)12-7-9-13(10-8-12)26(24,25)22-16(23)6-3-11-21-22/h1-11H. The van der Waals surface area contributed by atoms with Crippen molar-refractivity contribution >= 4 is 10.0 Å². The number of halogens is 3. The summed E-state index contributed by atoms with van der Waals surface area (Å²) < 4.78 is 64.6. The summed E-state index contributed by atoms with van der Waals surface area (Å²) >= 11 is 0. The first-order valence-corrected chi connectivity index (χ1v) is 8.72. The van der Waals surface area contributed by atoms with E-state index >= 15 is 0 Å². The fourth-order valence-electron chi connectivity index (χ4n) is 2.41. The van der Waals surface area contributed by atoms with Gasteiger partial charge in [-0.25, -0.2) is 0 Å². The highest BCUT2D eigenvalue weighted by Crippen LogP contribution is 2.37. The van der Waals surface area contributed by atoms with Crippen LogP contribution in [0.5, 0.6) is 0 Å². The Morgan fingerprint density at radius 3 is 2.15 bits per heavy atom. The maximum atomic E-state index is 13.1. The van der Waals surface area contributed by atoms with Gasteiger partial charge in [0.05, 0.1) is 10.5 Å². The Balaban J connectivity index is 2.06. The maximum absolute atomic E-state index is 13.1. The summed E-state index contributed by atoms with van der Waals surface area (Å²) in [6.07, 6.45) is -3.39. The molecule has 26 heavy (non-hydrogen) atoms. The zero-order valence-electron chi connectivity index (χ0n) is 13.0. The van der Waals surface area contributed by atoms with Crippen molar-refractivity contribution < 1.29 is 21.6 Å². The van der Waals surface area contributed by atoms with Gasteiger partial charge in [-0.05, 0) is 35.4 Å². The highest BCUT2D eigenvalue weighted by Gasteiger charge is 2.33. The molecule has 0 aliphatic carbocycles. The van der Waals surface area contributed by atoms with Gasteiger partial charge < -0.3 is 0 Å². The van der Waals surface area contributed by atoms with Crippen LogP contribution in [-0.2, 0) is 16.2 Å². The summed E-state index contributed by atoms with van der Waals surface area (Å²) in [5.74, 6) is 0. The molecule has 0 amide bonds. The molecule has 3 rings (SSSR count). The normalized spacial score (nSPS) is 12.1. The molecule has 2 aromatic carbocycles. The number of hydrogen-bond acceptors (Lipinski definition) is 4. The van der Waals surface area contributed by atoms with Gasteiger partial charge in [0.1, 0.15) is 0 Å². The molecule has 0 saturated carbocycles. The Morgan fingerprint density at radius 1 is 0.885 bits per heavy atom. The van der Waals surface area contributed by atoms with Crippen LogP contribution in [0.3, 0.4) is 0 Å². The van der Waals surface area contributed by atoms with Crippen LogP contribution in [0.1, 0.15) is 5.56 Å². The first kappa shape index (κ1) is 17.9. The third kappa shape index (κ3) is 3.25. The predicted molar refractivity (Wildman–Crippen MR) is 88.0 cm³/mol. The number of nitrogens with zero attached hydrogens (tertiary/aromatic N) is 2. The lowest BCUT2D eigenvalue weighted by molar-refractivity contribution is -0.137. The van der Waals surface area contributed by atoms with Crippen LogP contribution in [0.4, 0.5) is 13.2 Å². The van der Waals surface area contributed by atoms with Crippen molar-refractivity contribution in [3.8, 4) is 11.1 Å². The zero-order chi connectivity index (χ0) is 18.9. The molecular weight excluding hydrogens is 369 g/mol. The van der Waals surface area contributed by atoms with Crippen LogP contribution in [0.2, 0.25) is 0 Å². The van der Waals surface area contributed by atoms with Gasteiger partial charge in [-0.3, -0.25) is 4.79 Å². The molecule has 3 aromatic rings. The summed E-state index contributed by atoms with van der Waals surface area (Å²) in [4.78, 5) is 11.4. The fourth-order valence-corrected chi connectivity index (χ4v) is 3.57. The minimum Gasteiger partial charge on any atom is -0.267 e. The zero-order valence-corrected chi connectivity index (χ0v) is 13.8. The van der Waals surface area contributed by atoms with Crippen LogP contribution < -0.4 is 5.56 Å². The Bertz CT molecular complexity index is 1100. The van der Waals surface area contributed by atoms with Gasteiger partial charge in [0.25, 0.3) is 15.6 Å². The minimum atomic E-state index is -4.54. The third-order valence-electron chi connectivity index (χ3n) is 3.61. The lowest BCUT2D eigenvalue weighted by Gasteiger charge is -2.13. The number of aromatic nitrogens is 2. The number of rotatable bonds is 3. The average Bonchev–Trinajstić information content (AvgIpc) is 2.61. The molecule has 0 unspecified atom stereocenters. The fraction of sp³-hybridized carbons (Fsp3) is 0.0588. The van der Waals surface area contributed by atoms with Crippen molar-refractivity contribution in [1.29, 1.82) is 0 Å². The van der Waals surface area contributed by atoms with Gasteiger partial charge in [-0.2, -0.15) is 26.7 Å². The van der Waals surface area contributed by atoms with Crippen molar-refractivity contribution in [3.63, 3.8) is 0 Å². The topological polar surface area (TPSA) is 69.0 Å². The van der Waals surface area contributed by atoms with Crippen LogP contribution in [0.15, 0.2) is 76.6 Å². The predicted octanol–water partition coefficient (Wildman–Crippen LogP) is 3.17. The van der Waals surface area contributed by atoms with Crippen molar-refractivity contribution in [2.45, 2.75) is 11.1 Å². The van der Waals surface area contributed by atoms with E-state index in [9.17, 15) is 26.4 Å². The number of benzene rings is 2. The summed E-state index contributed by atoms with van der Waals surface area (Å²) in [5, 5.41) is 3.52. The Labute approximate surface area is 146 Å². The van der Waals surface area contributed by atoms with Gasteiger partial charge in [0, 0.05) is 12.3 Å². The Morgan fingerprint density at radius 2 is 1.54 bits per heavy atom. The minimum absolute atomic E-state index is 0.0704. The van der Waals surface area contributed by atoms with E-state index in [4.69, 9.17) is 0 Å². The summed E-state index contributed by atoms with van der Waals surface area (Å²) in [5.41, 5.74) is -1.53. The monoisotopic (exact) mass is 380 g/mol. The molecule has 0 radical (unpaired) electrons. The quantitative estimate of drug-likeness (QED) is 0.700. The lowest BCUT2D eigenvalue weighted by atomic mass is 9.99. The number of alkyl halides is 3. The van der Waals surface area contributed by atoms with Crippen LogP contribution >= 0.6 is 0 Å². The molecule has 0 fully saturated rings. The highest BCUT2D eigenvalue weighted by molar-refractivity contribution is 7.89. The molecule has 1 heterocycles. The molecule has 0 bridgehead atoms. The van der Waals surface area contributed by atoms with Crippen molar-refractivity contribution in [2.75, 3.05) is 0 Å². The van der Waals surface area contributed by atoms with E-state index in [1.807, 2.05) is 0 Å². The van der Waals surface area contributed by atoms with Crippen LogP contribution in [0, 0.1) is 0 Å². The van der Waals surface area contributed by atoms with E-state index in [1.165, 1.54) is 36.4 Å². The summed E-state index contributed by atoms with van der Waals surface area (Å²) in [7, 11) is -4.24. The second-order valence-corrected chi connectivity index (χ2v) is 7.05. The van der Waals surface area contributed by atoms with E-state index in [1.54, 1.807) is 0 Å². The first-order chi connectivity index (χ1) is 12.2. The Hall–Kier alpha value is -2.94. The smallest absolute Gasteiger partial charge is 0.267 e. The van der Waals surface area contributed by atoms with Crippen LogP contribution in [0.25, 0.3) is 11.1 Å². The van der Waals surface area contributed by atoms with E-state index in [-0.39, 0.29) is 16.0 Å². The van der Waals surface area contributed by atoms with E-state index in [0.29, 0.717) is 4.09 Å². The summed E-state index contributed by atoms with van der Waals surface area (Å²) in [6, 6.07) is 12.1. The SMILES string of the molecule is O=c1cccnn1S(=O)(=O)c1ccc(-c2ccccc2C(F)(F)F)cc1. The first-order valence-electron chi connectivity index (χ1n) is 7.28. The molecule has 0 N–H and O–H groups in total. The molecule has 1 aromatic heterocycles. The molecule has 5 nitrogen and oxygen atoms in total. The van der Waals surface area contributed by atoms with Gasteiger partial charge in [-0.15, -0.1) is 4.09 Å². The molecule has 9 heteroatoms. The Kier molecular flexibility index (Phi) is 4.41. The van der Waals surface area contributed by atoms with Crippen LogP contribution in [-0.4, -0.2) is 17.6 Å². The molecule has 134 valence electrons. The van der Waals surface area contributed by atoms with Gasteiger partial charge in [-0.1, -0.05) is 30.3 Å². The summed E-state index contributed by atoms with van der Waals surface area (Å²) in [6.45, 7) is 0. The molecule has 0 atom stereocenters.